The zero-order valence-corrected chi connectivity index (χ0v) is 15.7. The number of ether oxygens (including phenoxy) is 1. The topological polar surface area (TPSA) is 83.0 Å². The van der Waals surface area contributed by atoms with Crippen molar-refractivity contribution in [1.82, 2.24) is 5.43 Å². The standard InChI is InChI=1S/C19H22ClN3O3/c1-4-15(22-16-7-6-14(20)9-12(16)2)19(25)23-21-11-13-5-8-17(24)18(10-13)26-3/h5-11,15,22,24H,4H2,1-3H3,(H,23,25)/b21-11+/t15-/m0/s1. The van der Waals surface area contributed by atoms with E-state index in [9.17, 15) is 9.90 Å². The van der Waals surface area contributed by atoms with Crippen LogP contribution < -0.4 is 15.5 Å². The number of aromatic hydroxyl groups is 1. The summed E-state index contributed by atoms with van der Waals surface area (Å²) in [5, 5.41) is 17.4. The van der Waals surface area contributed by atoms with Gasteiger partial charge in [-0.15, -0.1) is 0 Å². The first-order valence-electron chi connectivity index (χ1n) is 8.17. The lowest BCUT2D eigenvalue weighted by Gasteiger charge is -2.18. The van der Waals surface area contributed by atoms with Crippen molar-refractivity contribution in [1.29, 1.82) is 0 Å². The second kappa shape index (κ2) is 9.10. The van der Waals surface area contributed by atoms with Gasteiger partial charge in [0.25, 0.3) is 5.91 Å². The summed E-state index contributed by atoms with van der Waals surface area (Å²) in [5.41, 5.74) is 5.03. The summed E-state index contributed by atoms with van der Waals surface area (Å²) in [7, 11) is 1.47. The Balaban J connectivity index is 2.00. The van der Waals surface area contributed by atoms with Gasteiger partial charge in [0.2, 0.25) is 0 Å². The zero-order chi connectivity index (χ0) is 19.1. The van der Waals surface area contributed by atoms with Crippen molar-refractivity contribution in [3.05, 3.63) is 52.5 Å². The highest BCUT2D eigenvalue weighted by molar-refractivity contribution is 6.30. The van der Waals surface area contributed by atoms with Crippen LogP contribution >= 0.6 is 11.6 Å². The lowest BCUT2D eigenvalue weighted by atomic mass is 10.1. The summed E-state index contributed by atoms with van der Waals surface area (Å²) < 4.78 is 5.04. The molecule has 0 aliphatic heterocycles. The van der Waals surface area contributed by atoms with Crippen LogP contribution in [0.25, 0.3) is 0 Å². The number of hydrogen-bond donors (Lipinski definition) is 3. The first kappa shape index (κ1) is 19.6. The van der Waals surface area contributed by atoms with Crippen molar-refractivity contribution in [3.63, 3.8) is 0 Å². The van der Waals surface area contributed by atoms with E-state index in [1.165, 1.54) is 19.4 Å². The number of carbonyl (C=O) groups excluding carboxylic acids is 1. The fraction of sp³-hybridized carbons (Fsp3) is 0.263. The number of anilines is 1. The Morgan fingerprint density at radius 1 is 1.35 bits per heavy atom. The van der Waals surface area contributed by atoms with Crippen LogP contribution in [-0.2, 0) is 4.79 Å². The van der Waals surface area contributed by atoms with E-state index in [4.69, 9.17) is 16.3 Å². The lowest BCUT2D eigenvalue weighted by molar-refractivity contribution is -0.121. The minimum Gasteiger partial charge on any atom is -0.504 e. The molecule has 0 unspecified atom stereocenters. The second-order valence-electron chi connectivity index (χ2n) is 5.73. The van der Waals surface area contributed by atoms with Crippen LogP contribution in [0.3, 0.4) is 0 Å². The van der Waals surface area contributed by atoms with Crippen molar-refractivity contribution in [2.45, 2.75) is 26.3 Å². The summed E-state index contributed by atoms with van der Waals surface area (Å²) in [6.07, 6.45) is 2.08. The van der Waals surface area contributed by atoms with Gasteiger partial charge in [-0.3, -0.25) is 4.79 Å². The van der Waals surface area contributed by atoms with Crippen molar-refractivity contribution in [3.8, 4) is 11.5 Å². The van der Waals surface area contributed by atoms with E-state index in [1.807, 2.05) is 26.0 Å². The van der Waals surface area contributed by atoms with Crippen LogP contribution in [0.1, 0.15) is 24.5 Å². The molecule has 0 aromatic heterocycles. The molecule has 0 radical (unpaired) electrons. The number of hydrogen-bond acceptors (Lipinski definition) is 5. The van der Waals surface area contributed by atoms with Gasteiger partial charge in [-0.05, 0) is 60.9 Å². The Bertz CT molecular complexity index is 809. The molecule has 2 aromatic carbocycles. The predicted octanol–water partition coefficient (Wildman–Crippen LogP) is 3.70. The van der Waals surface area contributed by atoms with Gasteiger partial charge in [-0.2, -0.15) is 5.10 Å². The molecule has 0 saturated heterocycles. The number of nitrogens with one attached hydrogen (secondary N) is 2. The van der Waals surface area contributed by atoms with Crippen LogP contribution in [0.2, 0.25) is 5.02 Å². The summed E-state index contributed by atoms with van der Waals surface area (Å²) in [6.45, 7) is 3.84. The molecule has 1 atom stereocenters. The Kier molecular flexibility index (Phi) is 6.86. The summed E-state index contributed by atoms with van der Waals surface area (Å²) in [5.74, 6) is 0.137. The van der Waals surface area contributed by atoms with E-state index in [2.05, 4.69) is 15.8 Å². The van der Waals surface area contributed by atoms with Gasteiger partial charge >= 0.3 is 0 Å². The van der Waals surface area contributed by atoms with Gasteiger partial charge < -0.3 is 15.2 Å². The van der Waals surface area contributed by atoms with E-state index in [0.29, 0.717) is 22.8 Å². The third-order valence-electron chi connectivity index (χ3n) is 3.84. The summed E-state index contributed by atoms with van der Waals surface area (Å²) in [4.78, 5) is 12.3. The van der Waals surface area contributed by atoms with Gasteiger partial charge in [-0.1, -0.05) is 18.5 Å². The quantitative estimate of drug-likeness (QED) is 0.509. The summed E-state index contributed by atoms with van der Waals surface area (Å²) >= 11 is 5.96. The lowest BCUT2D eigenvalue weighted by Crippen LogP contribution is -2.37. The molecule has 138 valence electrons. The maximum absolute atomic E-state index is 12.3. The first-order valence-corrected chi connectivity index (χ1v) is 8.55. The molecule has 0 saturated carbocycles. The molecule has 2 aromatic rings. The molecular formula is C19H22ClN3O3. The van der Waals surface area contributed by atoms with Gasteiger partial charge in [0, 0.05) is 10.7 Å². The number of rotatable bonds is 7. The highest BCUT2D eigenvalue weighted by Crippen LogP contribution is 2.25. The fourth-order valence-corrected chi connectivity index (χ4v) is 2.58. The zero-order valence-electron chi connectivity index (χ0n) is 14.9. The normalized spacial score (nSPS) is 12.0. The minimum absolute atomic E-state index is 0.0438. The molecular weight excluding hydrogens is 354 g/mol. The molecule has 0 heterocycles. The molecule has 2 rings (SSSR count). The van der Waals surface area contributed by atoms with E-state index < -0.39 is 6.04 Å². The van der Waals surface area contributed by atoms with Crippen molar-refractivity contribution in [2.24, 2.45) is 5.10 Å². The third kappa shape index (κ3) is 5.13. The van der Waals surface area contributed by atoms with Gasteiger partial charge in [0.15, 0.2) is 11.5 Å². The van der Waals surface area contributed by atoms with Gasteiger partial charge in [0.1, 0.15) is 6.04 Å². The molecule has 0 aliphatic carbocycles. The number of aryl methyl sites for hydroxylation is 1. The van der Waals surface area contributed by atoms with E-state index >= 15 is 0 Å². The smallest absolute Gasteiger partial charge is 0.262 e. The molecule has 1 amide bonds. The van der Waals surface area contributed by atoms with Crippen LogP contribution in [0.4, 0.5) is 5.69 Å². The molecule has 0 spiro atoms. The van der Waals surface area contributed by atoms with Crippen molar-refractivity contribution < 1.29 is 14.6 Å². The molecule has 0 aliphatic rings. The van der Waals surface area contributed by atoms with Crippen molar-refractivity contribution in [2.75, 3.05) is 12.4 Å². The highest BCUT2D eigenvalue weighted by Gasteiger charge is 2.16. The van der Waals surface area contributed by atoms with Gasteiger partial charge in [0.05, 0.1) is 13.3 Å². The average Bonchev–Trinajstić information content (AvgIpc) is 2.62. The second-order valence-corrected chi connectivity index (χ2v) is 6.17. The number of nitrogens with zero attached hydrogens (tertiary/aromatic N) is 1. The number of benzene rings is 2. The maximum atomic E-state index is 12.3. The highest BCUT2D eigenvalue weighted by atomic mass is 35.5. The van der Waals surface area contributed by atoms with Crippen LogP contribution in [0.15, 0.2) is 41.5 Å². The number of hydrazone groups is 1. The Morgan fingerprint density at radius 2 is 2.12 bits per heavy atom. The minimum atomic E-state index is -0.429. The SMILES string of the molecule is CC[C@H](Nc1ccc(Cl)cc1C)C(=O)N/N=C/c1ccc(O)c(OC)c1. The molecule has 0 bridgehead atoms. The first-order chi connectivity index (χ1) is 12.4. The van der Waals surface area contributed by atoms with Crippen LogP contribution in [-0.4, -0.2) is 30.4 Å². The molecule has 26 heavy (non-hydrogen) atoms. The monoisotopic (exact) mass is 375 g/mol. The number of carbonyl (C=O) groups is 1. The van der Waals surface area contributed by atoms with E-state index in [0.717, 1.165) is 11.3 Å². The number of methoxy groups -OCH3 is 1. The molecule has 7 heteroatoms. The summed E-state index contributed by atoms with van der Waals surface area (Å²) in [6, 6.07) is 9.82. The predicted molar refractivity (Wildman–Crippen MR) is 104 cm³/mol. The number of phenols is 1. The van der Waals surface area contributed by atoms with Crippen LogP contribution in [0.5, 0.6) is 11.5 Å². The Labute approximate surface area is 157 Å². The van der Waals surface area contributed by atoms with Crippen molar-refractivity contribution >= 4 is 29.4 Å². The largest absolute Gasteiger partial charge is 0.504 e. The number of amides is 1. The number of halogens is 1. The molecule has 6 nitrogen and oxygen atoms in total. The average molecular weight is 376 g/mol. The molecule has 0 fully saturated rings. The maximum Gasteiger partial charge on any atom is 0.262 e. The molecule has 3 N–H and O–H groups in total. The Hall–Kier alpha value is -2.73. The third-order valence-corrected chi connectivity index (χ3v) is 4.07. The van der Waals surface area contributed by atoms with Crippen LogP contribution in [0, 0.1) is 6.92 Å². The number of phenolic OH excluding ortho intramolecular Hbond substituents is 1. The van der Waals surface area contributed by atoms with E-state index in [-0.39, 0.29) is 11.7 Å². The fourth-order valence-electron chi connectivity index (χ4n) is 2.35. The van der Waals surface area contributed by atoms with Gasteiger partial charge in [-0.25, -0.2) is 5.43 Å². The Morgan fingerprint density at radius 3 is 2.77 bits per heavy atom. The van der Waals surface area contributed by atoms with E-state index in [1.54, 1.807) is 18.2 Å².